The van der Waals surface area contributed by atoms with E-state index >= 15 is 0 Å². The topological polar surface area (TPSA) is 126 Å². The predicted octanol–water partition coefficient (Wildman–Crippen LogP) is 6.99. The van der Waals surface area contributed by atoms with Crippen LogP contribution in [0.1, 0.15) is 89.7 Å². The second-order valence-corrected chi connectivity index (χ2v) is 13.6. The first-order valence-corrected chi connectivity index (χ1v) is 16.4. The van der Waals surface area contributed by atoms with E-state index in [-0.39, 0.29) is 28.9 Å². The van der Waals surface area contributed by atoms with E-state index in [1.54, 1.807) is 24.3 Å². The molecule has 1 aliphatic carbocycles. The molecule has 10 heteroatoms. The lowest BCUT2D eigenvalue weighted by Gasteiger charge is -2.29. The van der Waals surface area contributed by atoms with Gasteiger partial charge in [0.2, 0.25) is 0 Å². The smallest absolute Gasteiger partial charge is 0.329 e. The van der Waals surface area contributed by atoms with Gasteiger partial charge in [-0.15, -0.1) is 11.3 Å². The minimum absolute atomic E-state index is 0.0431. The van der Waals surface area contributed by atoms with Crippen molar-refractivity contribution in [2.24, 2.45) is 5.92 Å². The summed E-state index contributed by atoms with van der Waals surface area (Å²) in [6.07, 6.45) is 6.96. The molecule has 0 saturated carbocycles. The van der Waals surface area contributed by atoms with E-state index in [4.69, 9.17) is 9.47 Å². The highest BCUT2D eigenvalue weighted by Gasteiger charge is 2.43. The van der Waals surface area contributed by atoms with Gasteiger partial charge < -0.3 is 14.8 Å². The number of allylic oxidation sites excluding steroid dienone is 2. The predicted molar refractivity (Wildman–Crippen MR) is 181 cm³/mol. The van der Waals surface area contributed by atoms with E-state index in [1.165, 1.54) is 11.3 Å². The van der Waals surface area contributed by atoms with Crippen molar-refractivity contribution in [1.82, 2.24) is 4.90 Å². The maximum atomic E-state index is 13.3. The number of carbonyl (C=O) groups is 4. The molecule has 0 fully saturated rings. The Bertz CT molecular complexity index is 1790. The summed E-state index contributed by atoms with van der Waals surface area (Å²) >= 11 is 1.33. The lowest BCUT2D eigenvalue weighted by Crippen LogP contribution is -2.46. The molecule has 1 aromatic heterocycles. The van der Waals surface area contributed by atoms with Gasteiger partial charge in [-0.25, -0.2) is 4.79 Å². The van der Waals surface area contributed by atoms with Gasteiger partial charge in [-0.3, -0.25) is 19.3 Å². The van der Waals surface area contributed by atoms with Crippen molar-refractivity contribution in [1.29, 1.82) is 5.26 Å². The van der Waals surface area contributed by atoms with Crippen molar-refractivity contribution < 1.29 is 28.7 Å². The van der Waals surface area contributed by atoms with Gasteiger partial charge in [-0.05, 0) is 67.2 Å². The number of fused-ring (bicyclic) bond motifs is 2. The molecule has 2 aromatic carbocycles. The summed E-state index contributed by atoms with van der Waals surface area (Å²) in [5, 5.41) is 13.3. The average Bonchev–Trinajstić information content (AvgIpc) is 3.52. The minimum Gasteiger partial charge on any atom is -0.494 e. The number of rotatable bonds is 11. The first-order valence-electron chi connectivity index (χ1n) is 15.6. The van der Waals surface area contributed by atoms with Crippen LogP contribution in [0.4, 0.5) is 5.00 Å². The Morgan fingerprint density at radius 2 is 1.72 bits per heavy atom. The monoisotopic (exact) mass is 651 g/mol. The van der Waals surface area contributed by atoms with Gasteiger partial charge in [0.05, 0.1) is 23.3 Å². The molecule has 3 aromatic rings. The van der Waals surface area contributed by atoms with E-state index in [2.05, 4.69) is 25.2 Å². The van der Waals surface area contributed by atoms with Crippen molar-refractivity contribution in [3.63, 3.8) is 0 Å². The fraction of sp³-hybridized carbons (Fsp3) is 0.324. The summed E-state index contributed by atoms with van der Waals surface area (Å²) in [5.41, 5.74) is 3.32. The lowest BCUT2D eigenvalue weighted by atomic mass is 9.77. The molecule has 0 unspecified atom stereocenters. The summed E-state index contributed by atoms with van der Waals surface area (Å²) in [6.45, 7) is 9.84. The number of thiophene rings is 1. The Labute approximate surface area is 278 Å². The van der Waals surface area contributed by atoms with Gasteiger partial charge >= 0.3 is 5.97 Å². The zero-order chi connectivity index (χ0) is 33.9. The van der Waals surface area contributed by atoms with Gasteiger partial charge in [-0.2, -0.15) is 5.26 Å². The second-order valence-electron chi connectivity index (χ2n) is 12.6. The molecule has 3 amide bonds. The molecule has 0 saturated heterocycles. The third-order valence-corrected chi connectivity index (χ3v) is 9.52. The van der Waals surface area contributed by atoms with Crippen LogP contribution in [-0.4, -0.2) is 47.8 Å². The maximum absolute atomic E-state index is 13.3. The molecule has 5 rings (SSSR count). The Kier molecular flexibility index (Phi) is 9.77. The standard InChI is InChI=1S/C37H37N3O6S/c1-6-45-25-15-13-23(14-16-25)11-12-24-18-28-29(20-38)33(47-32(28)37(4,5)19-24)39-31(41)21-46-36(44)30(17-22(2)3)40-34(42)26-9-7-8-10-27(26)35(40)43/h7-16,18,22,30H,6,17,19,21H2,1-5H3,(H,39,41)/b12-11+/t30-/m0/s1. The molecule has 1 atom stereocenters. The SMILES string of the molecule is CCOc1ccc(/C=C/C2=Cc3c(sc(NC(=O)COC(=O)[C@H](CC(C)C)N4C(=O)c5ccccc5C4=O)c3C#N)C(C)(C)C2)cc1. The van der Waals surface area contributed by atoms with Crippen molar-refractivity contribution in [3.05, 3.63) is 92.9 Å². The van der Waals surface area contributed by atoms with E-state index < -0.39 is 36.3 Å². The normalized spacial score (nSPS) is 15.6. The summed E-state index contributed by atoms with van der Waals surface area (Å²) in [4.78, 5) is 54.4. The van der Waals surface area contributed by atoms with Crippen molar-refractivity contribution >= 4 is 52.2 Å². The number of nitrogens with one attached hydrogen (secondary N) is 1. The van der Waals surface area contributed by atoms with Crippen LogP contribution in [0.15, 0.2) is 60.2 Å². The Morgan fingerprint density at radius 3 is 2.32 bits per heavy atom. The number of anilines is 1. The van der Waals surface area contributed by atoms with E-state index in [0.29, 0.717) is 17.2 Å². The third kappa shape index (κ3) is 7.05. The Hall–Kier alpha value is -5.01. The largest absolute Gasteiger partial charge is 0.494 e. The van der Waals surface area contributed by atoms with Crippen molar-refractivity contribution in [2.75, 3.05) is 18.5 Å². The summed E-state index contributed by atoms with van der Waals surface area (Å²) in [6, 6.07) is 15.3. The van der Waals surface area contributed by atoms with E-state index in [1.807, 2.05) is 63.3 Å². The Morgan fingerprint density at radius 1 is 1.06 bits per heavy atom. The molecule has 0 radical (unpaired) electrons. The van der Waals surface area contributed by atoms with Gasteiger partial charge in [0.25, 0.3) is 17.7 Å². The average molecular weight is 652 g/mol. The number of carbonyl (C=O) groups excluding carboxylic acids is 4. The number of nitrogens with zero attached hydrogens (tertiary/aromatic N) is 2. The maximum Gasteiger partial charge on any atom is 0.329 e. The number of benzene rings is 2. The molecule has 1 N–H and O–H groups in total. The fourth-order valence-electron chi connectivity index (χ4n) is 5.90. The number of amides is 3. The molecule has 1 aliphatic heterocycles. The summed E-state index contributed by atoms with van der Waals surface area (Å²) < 4.78 is 10.9. The van der Waals surface area contributed by atoms with Crippen molar-refractivity contribution in [2.45, 2.75) is 58.9 Å². The molecular weight excluding hydrogens is 614 g/mol. The number of esters is 1. The summed E-state index contributed by atoms with van der Waals surface area (Å²) in [5.74, 6) is -1.83. The highest BCUT2D eigenvalue weighted by atomic mass is 32.1. The lowest BCUT2D eigenvalue weighted by molar-refractivity contribution is -0.151. The molecule has 0 spiro atoms. The first kappa shape index (κ1) is 33.4. The van der Waals surface area contributed by atoms with Crippen LogP contribution in [0.5, 0.6) is 5.75 Å². The number of nitriles is 1. The minimum atomic E-state index is -1.18. The van der Waals surface area contributed by atoms with Crippen molar-refractivity contribution in [3.8, 4) is 11.8 Å². The van der Waals surface area contributed by atoms with Crippen LogP contribution in [0, 0.1) is 17.2 Å². The van der Waals surface area contributed by atoms with Crippen LogP contribution in [0.25, 0.3) is 12.2 Å². The molecule has 2 heterocycles. The fourth-order valence-corrected chi connectivity index (χ4v) is 7.15. The number of hydrogen-bond acceptors (Lipinski definition) is 8. The number of imide groups is 1. The van der Waals surface area contributed by atoms with Gasteiger partial charge in [0.1, 0.15) is 22.9 Å². The number of ether oxygens (including phenoxy) is 2. The second kappa shape index (κ2) is 13.8. The van der Waals surface area contributed by atoms with Crippen LogP contribution in [-0.2, 0) is 19.7 Å². The highest BCUT2D eigenvalue weighted by molar-refractivity contribution is 7.17. The van der Waals surface area contributed by atoms with E-state index in [9.17, 15) is 24.4 Å². The Balaban J connectivity index is 1.29. The molecule has 242 valence electrons. The van der Waals surface area contributed by atoms with Crippen LogP contribution in [0.2, 0.25) is 0 Å². The zero-order valence-electron chi connectivity index (χ0n) is 27.1. The zero-order valence-corrected chi connectivity index (χ0v) is 27.9. The van der Waals surface area contributed by atoms with Crippen LogP contribution in [0.3, 0.4) is 0 Å². The van der Waals surface area contributed by atoms with Gasteiger partial charge in [0, 0.05) is 15.9 Å². The molecule has 0 bridgehead atoms. The van der Waals surface area contributed by atoms with E-state index in [0.717, 1.165) is 38.6 Å². The van der Waals surface area contributed by atoms with Crippen LogP contribution < -0.4 is 10.1 Å². The van der Waals surface area contributed by atoms with Crippen LogP contribution >= 0.6 is 11.3 Å². The quantitative estimate of drug-likeness (QED) is 0.175. The molecule has 47 heavy (non-hydrogen) atoms. The van der Waals surface area contributed by atoms with Gasteiger partial charge in [-0.1, -0.05) is 64.1 Å². The molecule has 2 aliphatic rings. The molecule has 9 nitrogen and oxygen atoms in total. The first-order chi connectivity index (χ1) is 22.4. The molecular formula is C37H37N3O6S. The summed E-state index contributed by atoms with van der Waals surface area (Å²) in [7, 11) is 0. The number of hydrogen-bond donors (Lipinski definition) is 1. The third-order valence-electron chi connectivity index (χ3n) is 8.03. The highest BCUT2D eigenvalue weighted by Crippen LogP contribution is 2.47. The van der Waals surface area contributed by atoms with Gasteiger partial charge in [0.15, 0.2) is 6.61 Å².